The van der Waals surface area contributed by atoms with Crippen LogP contribution in [-0.4, -0.2) is 4.98 Å². The zero-order chi connectivity index (χ0) is 11.4. The fourth-order valence-corrected chi connectivity index (χ4v) is 2.49. The van der Waals surface area contributed by atoms with Gasteiger partial charge in [0.1, 0.15) is 12.4 Å². The Morgan fingerprint density at radius 2 is 2.19 bits per heavy atom. The number of thiophene rings is 1. The van der Waals surface area contributed by atoms with E-state index in [1.807, 2.05) is 24.3 Å². The molecule has 0 aromatic carbocycles. The number of rotatable bonds is 4. The average molecular weight is 319 g/mol. The van der Waals surface area contributed by atoms with Gasteiger partial charge in [-0.25, -0.2) is 0 Å². The average Bonchev–Trinajstić information content (AvgIpc) is 2.73. The van der Waals surface area contributed by atoms with Crippen LogP contribution in [0.3, 0.4) is 0 Å². The Morgan fingerprint density at radius 1 is 1.31 bits per heavy atom. The molecular weight excluding hydrogens is 310 g/mol. The molecule has 0 aliphatic heterocycles. The number of alkyl halides is 1. The van der Waals surface area contributed by atoms with Crippen molar-refractivity contribution in [3.63, 3.8) is 0 Å². The molecule has 0 radical (unpaired) electrons. The predicted octanol–water partition coefficient (Wildman–Crippen LogP) is 4.27. The van der Waals surface area contributed by atoms with Crippen LogP contribution in [-0.2, 0) is 11.9 Å². The zero-order valence-corrected chi connectivity index (χ0v) is 11.5. The number of halogens is 2. The normalized spacial score (nSPS) is 10.4. The van der Waals surface area contributed by atoms with Gasteiger partial charge in [0.2, 0.25) is 0 Å². The molecule has 0 aliphatic rings. The van der Waals surface area contributed by atoms with E-state index < -0.39 is 0 Å². The predicted molar refractivity (Wildman–Crippen MR) is 70.5 cm³/mol. The SMILES string of the molecule is Clc1ccc(COc2ccc(CBr)nc2)s1. The van der Waals surface area contributed by atoms with Crippen molar-refractivity contribution in [2.24, 2.45) is 0 Å². The lowest BCUT2D eigenvalue weighted by Gasteiger charge is -2.04. The molecular formula is C11H9BrClNOS. The molecule has 2 nitrogen and oxygen atoms in total. The maximum Gasteiger partial charge on any atom is 0.138 e. The van der Waals surface area contributed by atoms with Crippen molar-refractivity contribution >= 4 is 38.9 Å². The Labute approximate surface area is 111 Å². The van der Waals surface area contributed by atoms with E-state index in [4.69, 9.17) is 16.3 Å². The molecule has 0 unspecified atom stereocenters. The Bertz CT molecular complexity index is 457. The maximum absolute atomic E-state index is 5.83. The fourth-order valence-electron chi connectivity index (χ4n) is 1.16. The first kappa shape index (κ1) is 11.9. The van der Waals surface area contributed by atoms with Gasteiger partial charge in [0, 0.05) is 10.2 Å². The van der Waals surface area contributed by atoms with Gasteiger partial charge in [-0.1, -0.05) is 27.5 Å². The summed E-state index contributed by atoms with van der Waals surface area (Å²) in [7, 11) is 0. The van der Waals surface area contributed by atoms with Gasteiger partial charge in [0.25, 0.3) is 0 Å². The highest BCUT2D eigenvalue weighted by molar-refractivity contribution is 9.08. The lowest BCUT2D eigenvalue weighted by atomic mass is 10.4. The molecule has 0 spiro atoms. The second kappa shape index (κ2) is 5.66. The van der Waals surface area contributed by atoms with E-state index in [-0.39, 0.29) is 0 Å². The summed E-state index contributed by atoms with van der Waals surface area (Å²) in [5.41, 5.74) is 0.992. The highest BCUT2D eigenvalue weighted by Crippen LogP contribution is 2.22. The van der Waals surface area contributed by atoms with Gasteiger partial charge in [-0.2, -0.15) is 0 Å². The van der Waals surface area contributed by atoms with Crippen LogP contribution in [0, 0.1) is 0 Å². The van der Waals surface area contributed by atoms with E-state index in [0.29, 0.717) is 6.61 Å². The van der Waals surface area contributed by atoms with Crippen molar-refractivity contribution in [1.82, 2.24) is 4.98 Å². The molecule has 0 fully saturated rings. The van der Waals surface area contributed by atoms with E-state index in [1.165, 1.54) is 11.3 Å². The third-order valence-electron chi connectivity index (χ3n) is 1.94. The molecule has 2 aromatic rings. The van der Waals surface area contributed by atoms with Gasteiger partial charge in [0.05, 0.1) is 16.2 Å². The minimum Gasteiger partial charge on any atom is -0.486 e. The number of hydrogen-bond acceptors (Lipinski definition) is 3. The second-order valence-corrected chi connectivity index (χ2v) is 5.47. The summed E-state index contributed by atoms with van der Waals surface area (Å²) in [4.78, 5) is 5.33. The molecule has 16 heavy (non-hydrogen) atoms. The monoisotopic (exact) mass is 317 g/mol. The van der Waals surface area contributed by atoms with Crippen LogP contribution in [0.1, 0.15) is 10.6 Å². The second-order valence-electron chi connectivity index (χ2n) is 3.11. The summed E-state index contributed by atoms with van der Waals surface area (Å²) in [6.45, 7) is 0.534. The lowest BCUT2D eigenvalue weighted by molar-refractivity contribution is 0.308. The van der Waals surface area contributed by atoms with Crippen LogP contribution in [0.25, 0.3) is 0 Å². The molecule has 2 rings (SSSR count). The molecule has 0 aliphatic carbocycles. The molecule has 2 heterocycles. The Morgan fingerprint density at radius 3 is 2.75 bits per heavy atom. The molecule has 5 heteroatoms. The Kier molecular flexibility index (Phi) is 4.21. The van der Waals surface area contributed by atoms with Crippen LogP contribution in [0.5, 0.6) is 5.75 Å². The summed E-state index contributed by atoms with van der Waals surface area (Å²) in [6, 6.07) is 7.69. The van der Waals surface area contributed by atoms with Gasteiger partial charge < -0.3 is 4.74 Å². The van der Waals surface area contributed by atoms with E-state index in [1.54, 1.807) is 6.20 Å². The van der Waals surface area contributed by atoms with Crippen molar-refractivity contribution in [2.45, 2.75) is 11.9 Å². The molecule has 0 amide bonds. The molecule has 0 saturated carbocycles. The van der Waals surface area contributed by atoms with Gasteiger partial charge in [-0.3, -0.25) is 4.98 Å². The standard InChI is InChI=1S/C11H9BrClNOS/c12-5-8-1-2-9(6-14-8)15-7-10-3-4-11(13)16-10/h1-4,6H,5,7H2. The zero-order valence-electron chi connectivity index (χ0n) is 8.32. The fraction of sp³-hybridized carbons (Fsp3) is 0.182. The van der Waals surface area contributed by atoms with Crippen molar-refractivity contribution in [2.75, 3.05) is 0 Å². The van der Waals surface area contributed by atoms with Crippen LogP contribution in [0.4, 0.5) is 0 Å². The van der Waals surface area contributed by atoms with Crippen molar-refractivity contribution in [1.29, 1.82) is 0 Å². The highest BCUT2D eigenvalue weighted by atomic mass is 79.9. The van der Waals surface area contributed by atoms with Crippen LogP contribution >= 0.6 is 38.9 Å². The summed E-state index contributed by atoms with van der Waals surface area (Å²) in [5.74, 6) is 0.772. The van der Waals surface area contributed by atoms with Crippen LogP contribution < -0.4 is 4.74 Å². The van der Waals surface area contributed by atoms with E-state index >= 15 is 0 Å². The number of pyridine rings is 1. The molecule has 84 valence electrons. The Balaban J connectivity index is 1.94. The minimum absolute atomic E-state index is 0.534. The maximum atomic E-state index is 5.83. The van der Waals surface area contributed by atoms with E-state index in [9.17, 15) is 0 Å². The molecule has 0 atom stereocenters. The summed E-state index contributed by atoms with van der Waals surface area (Å²) in [5, 5.41) is 0.758. The number of aromatic nitrogens is 1. The van der Waals surface area contributed by atoms with Gasteiger partial charge in [-0.15, -0.1) is 11.3 Å². The summed E-state index contributed by atoms with van der Waals surface area (Å²) < 4.78 is 6.36. The molecule has 0 bridgehead atoms. The number of hydrogen-bond donors (Lipinski definition) is 0. The topological polar surface area (TPSA) is 22.1 Å². The van der Waals surface area contributed by atoms with Crippen LogP contribution in [0.2, 0.25) is 4.34 Å². The third kappa shape index (κ3) is 3.20. The van der Waals surface area contributed by atoms with E-state index in [0.717, 1.165) is 26.0 Å². The first-order chi connectivity index (χ1) is 7.78. The third-order valence-corrected chi connectivity index (χ3v) is 3.72. The quantitative estimate of drug-likeness (QED) is 0.785. The highest BCUT2D eigenvalue weighted by Gasteiger charge is 2.00. The van der Waals surface area contributed by atoms with Crippen molar-refractivity contribution in [3.05, 3.63) is 45.4 Å². The van der Waals surface area contributed by atoms with Crippen molar-refractivity contribution < 1.29 is 4.74 Å². The number of nitrogens with zero attached hydrogens (tertiary/aromatic N) is 1. The van der Waals surface area contributed by atoms with E-state index in [2.05, 4.69) is 20.9 Å². The molecule has 0 saturated heterocycles. The van der Waals surface area contributed by atoms with Gasteiger partial charge in [0.15, 0.2) is 0 Å². The summed E-state index contributed by atoms with van der Waals surface area (Å²) in [6.07, 6.45) is 1.73. The smallest absolute Gasteiger partial charge is 0.138 e. The van der Waals surface area contributed by atoms with Gasteiger partial charge in [-0.05, 0) is 24.3 Å². The number of ether oxygens (including phenoxy) is 1. The van der Waals surface area contributed by atoms with Crippen LogP contribution in [0.15, 0.2) is 30.5 Å². The lowest BCUT2D eigenvalue weighted by Crippen LogP contribution is -1.94. The minimum atomic E-state index is 0.534. The molecule has 0 N–H and O–H groups in total. The van der Waals surface area contributed by atoms with Gasteiger partial charge >= 0.3 is 0 Å². The summed E-state index contributed by atoms with van der Waals surface area (Å²) >= 11 is 10.7. The Hall–Kier alpha value is -0.580. The largest absolute Gasteiger partial charge is 0.486 e. The molecule has 2 aromatic heterocycles. The first-order valence-electron chi connectivity index (χ1n) is 4.66. The van der Waals surface area contributed by atoms with Crippen molar-refractivity contribution in [3.8, 4) is 5.75 Å². The first-order valence-corrected chi connectivity index (χ1v) is 6.97.